The molecular weight excluding hydrogens is 340 g/mol. The summed E-state index contributed by atoms with van der Waals surface area (Å²) in [6, 6.07) is 14.2. The molecule has 5 nitrogen and oxygen atoms in total. The van der Waals surface area contributed by atoms with Crippen LogP contribution in [0.2, 0.25) is 0 Å². The van der Waals surface area contributed by atoms with Crippen molar-refractivity contribution < 1.29 is 14.3 Å². The Balaban J connectivity index is 1.60. The van der Waals surface area contributed by atoms with Gasteiger partial charge in [0.15, 0.2) is 11.5 Å². The van der Waals surface area contributed by atoms with Crippen LogP contribution in [0.15, 0.2) is 42.5 Å². The van der Waals surface area contributed by atoms with Crippen molar-refractivity contribution in [3.63, 3.8) is 0 Å². The number of carbonyl (C=O) groups excluding carboxylic acids is 1. The first-order valence-corrected chi connectivity index (χ1v) is 9.47. The predicted octanol–water partition coefficient (Wildman–Crippen LogP) is 3.16. The van der Waals surface area contributed by atoms with Crippen LogP contribution in [-0.4, -0.2) is 51.2 Å². The molecule has 0 atom stereocenters. The lowest BCUT2D eigenvalue weighted by molar-refractivity contribution is -0.130. The molecule has 1 aliphatic rings. The molecule has 0 saturated carbocycles. The van der Waals surface area contributed by atoms with E-state index in [1.165, 1.54) is 11.3 Å². The number of benzene rings is 2. The minimum Gasteiger partial charge on any atom is -0.493 e. The molecule has 1 aliphatic heterocycles. The molecule has 3 rings (SSSR count). The summed E-state index contributed by atoms with van der Waals surface area (Å²) in [5.41, 5.74) is 3.60. The lowest BCUT2D eigenvalue weighted by atomic mass is 10.1. The maximum Gasteiger partial charge on any atom is 0.227 e. The average Bonchev–Trinajstić information content (AvgIpc) is 2.73. The predicted molar refractivity (Wildman–Crippen MR) is 108 cm³/mol. The normalized spacial score (nSPS) is 14.2. The van der Waals surface area contributed by atoms with Crippen LogP contribution in [0, 0.1) is 0 Å². The van der Waals surface area contributed by atoms with E-state index in [0.717, 1.165) is 38.2 Å². The zero-order valence-corrected chi connectivity index (χ0v) is 16.4. The summed E-state index contributed by atoms with van der Waals surface area (Å²) >= 11 is 0. The standard InChI is InChI=1S/C22H28N2O3/c1-4-18-7-5-6-8-19(18)23-11-13-24(14-12-23)22(25)16-17-9-10-20(26-2)21(15-17)27-3/h5-10,15H,4,11-14,16H2,1-3H3. The lowest BCUT2D eigenvalue weighted by Gasteiger charge is -2.37. The summed E-state index contributed by atoms with van der Waals surface area (Å²) in [4.78, 5) is 17.1. The molecule has 1 heterocycles. The Labute approximate surface area is 161 Å². The number of para-hydroxylation sites is 1. The summed E-state index contributed by atoms with van der Waals surface area (Å²) in [6.45, 7) is 5.43. The first-order chi connectivity index (χ1) is 13.2. The van der Waals surface area contributed by atoms with Crippen molar-refractivity contribution in [3.8, 4) is 11.5 Å². The molecule has 144 valence electrons. The summed E-state index contributed by atoms with van der Waals surface area (Å²) in [7, 11) is 3.22. The number of piperazine rings is 1. The molecule has 0 aromatic heterocycles. The van der Waals surface area contributed by atoms with Gasteiger partial charge in [-0.1, -0.05) is 31.2 Å². The number of carbonyl (C=O) groups is 1. The summed E-state index contributed by atoms with van der Waals surface area (Å²) < 4.78 is 10.6. The molecule has 2 aromatic carbocycles. The van der Waals surface area contributed by atoms with Gasteiger partial charge in [0.2, 0.25) is 5.91 Å². The quantitative estimate of drug-likeness (QED) is 0.785. The first kappa shape index (κ1) is 19.1. The SMILES string of the molecule is CCc1ccccc1N1CCN(C(=O)Cc2ccc(OC)c(OC)c2)CC1. The fraction of sp³-hybridized carbons (Fsp3) is 0.409. The monoisotopic (exact) mass is 368 g/mol. The Morgan fingerprint density at radius 3 is 2.33 bits per heavy atom. The zero-order chi connectivity index (χ0) is 19.2. The van der Waals surface area contributed by atoms with E-state index >= 15 is 0 Å². The van der Waals surface area contributed by atoms with Crippen LogP contribution < -0.4 is 14.4 Å². The molecule has 0 unspecified atom stereocenters. The molecule has 1 saturated heterocycles. The van der Waals surface area contributed by atoms with Crippen molar-refractivity contribution in [2.75, 3.05) is 45.3 Å². The van der Waals surface area contributed by atoms with E-state index in [-0.39, 0.29) is 5.91 Å². The number of rotatable bonds is 6. The van der Waals surface area contributed by atoms with Crippen LogP contribution in [0.4, 0.5) is 5.69 Å². The Kier molecular flexibility index (Phi) is 6.22. The van der Waals surface area contributed by atoms with Gasteiger partial charge in [-0.2, -0.15) is 0 Å². The third-order valence-corrected chi connectivity index (χ3v) is 5.15. The van der Waals surface area contributed by atoms with Crippen LogP contribution in [0.3, 0.4) is 0 Å². The lowest BCUT2D eigenvalue weighted by Crippen LogP contribution is -2.49. The van der Waals surface area contributed by atoms with Gasteiger partial charge in [-0.25, -0.2) is 0 Å². The topological polar surface area (TPSA) is 42.0 Å². The van der Waals surface area contributed by atoms with Gasteiger partial charge in [0.1, 0.15) is 0 Å². The van der Waals surface area contributed by atoms with Gasteiger partial charge in [0, 0.05) is 31.9 Å². The second-order valence-corrected chi connectivity index (χ2v) is 6.72. The highest BCUT2D eigenvalue weighted by molar-refractivity contribution is 5.79. The number of methoxy groups -OCH3 is 2. The number of hydrogen-bond acceptors (Lipinski definition) is 4. The van der Waals surface area contributed by atoms with Gasteiger partial charge in [-0.05, 0) is 35.7 Å². The number of nitrogens with zero attached hydrogens (tertiary/aromatic N) is 2. The van der Waals surface area contributed by atoms with Crippen molar-refractivity contribution in [2.24, 2.45) is 0 Å². The van der Waals surface area contributed by atoms with E-state index in [4.69, 9.17) is 9.47 Å². The molecule has 0 spiro atoms. The Hall–Kier alpha value is -2.69. The van der Waals surface area contributed by atoms with Crippen LogP contribution in [0.1, 0.15) is 18.1 Å². The van der Waals surface area contributed by atoms with E-state index < -0.39 is 0 Å². The number of hydrogen-bond donors (Lipinski definition) is 0. The molecular formula is C22H28N2O3. The van der Waals surface area contributed by atoms with Gasteiger partial charge < -0.3 is 19.3 Å². The highest BCUT2D eigenvalue weighted by Gasteiger charge is 2.22. The van der Waals surface area contributed by atoms with Crippen molar-refractivity contribution in [2.45, 2.75) is 19.8 Å². The fourth-order valence-electron chi connectivity index (χ4n) is 3.59. The summed E-state index contributed by atoms with van der Waals surface area (Å²) in [6.07, 6.45) is 1.40. The van der Waals surface area contributed by atoms with Gasteiger partial charge in [-0.15, -0.1) is 0 Å². The van der Waals surface area contributed by atoms with E-state index in [2.05, 4.69) is 36.1 Å². The third-order valence-electron chi connectivity index (χ3n) is 5.15. The molecule has 1 amide bonds. The Morgan fingerprint density at radius 1 is 0.963 bits per heavy atom. The van der Waals surface area contributed by atoms with Crippen molar-refractivity contribution >= 4 is 11.6 Å². The fourth-order valence-corrected chi connectivity index (χ4v) is 3.59. The molecule has 27 heavy (non-hydrogen) atoms. The van der Waals surface area contributed by atoms with Crippen molar-refractivity contribution in [1.82, 2.24) is 4.90 Å². The largest absolute Gasteiger partial charge is 0.493 e. The van der Waals surface area contributed by atoms with Crippen LogP contribution in [-0.2, 0) is 17.6 Å². The van der Waals surface area contributed by atoms with Gasteiger partial charge in [0.05, 0.1) is 20.6 Å². The number of aryl methyl sites for hydroxylation is 1. The van der Waals surface area contributed by atoms with Crippen molar-refractivity contribution in [1.29, 1.82) is 0 Å². The minimum atomic E-state index is 0.158. The maximum absolute atomic E-state index is 12.7. The van der Waals surface area contributed by atoms with Gasteiger partial charge >= 0.3 is 0 Å². The van der Waals surface area contributed by atoms with Gasteiger partial charge in [0.25, 0.3) is 0 Å². The Morgan fingerprint density at radius 2 is 1.67 bits per heavy atom. The maximum atomic E-state index is 12.7. The summed E-state index contributed by atoms with van der Waals surface area (Å²) in [5.74, 6) is 1.49. The molecule has 0 radical (unpaired) electrons. The number of amides is 1. The molecule has 1 fully saturated rings. The molecule has 0 bridgehead atoms. The highest BCUT2D eigenvalue weighted by Crippen LogP contribution is 2.28. The highest BCUT2D eigenvalue weighted by atomic mass is 16.5. The average molecular weight is 368 g/mol. The van der Waals surface area contributed by atoms with Crippen LogP contribution in [0.25, 0.3) is 0 Å². The zero-order valence-electron chi connectivity index (χ0n) is 16.4. The smallest absolute Gasteiger partial charge is 0.227 e. The number of anilines is 1. The van der Waals surface area contributed by atoms with E-state index in [0.29, 0.717) is 17.9 Å². The van der Waals surface area contributed by atoms with E-state index in [1.54, 1.807) is 14.2 Å². The molecule has 0 N–H and O–H groups in total. The second kappa shape index (κ2) is 8.80. The van der Waals surface area contributed by atoms with Crippen molar-refractivity contribution in [3.05, 3.63) is 53.6 Å². The van der Waals surface area contributed by atoms with E-state index in [1.807, 2.05) is 23.1 Å². The van der Waals surface area contributed by atoms with Crippen LogP contribution >= 0.6 is 0 Å². The Bertz CT molecular complexity index is 783. The molecule has 0 aliphatic carbocycles. The minimum absolute atomic E-state index is 0.158. The second-order valence-electron chi connectivity index (χ2n) is 6.72. The number of ether oxygens (including phenoxy) is 2. The summed E-state index contributed by atoms with van der Waals surface area (Å²) in [5, 5.41) is 0. The third kappa shape index (κ3) is 4.35. The van der Waals surface area contributed by atoms with Gasteiger partial charge in [-0.3, -0.25) is 4.79 Å². The van der Waals surface area contributed by atoms with E-state index in [9.17, 15) is 4.79 Å². The first-order valence-electron chi connectivity index (χ1n) is 9.47. The molecule has 5 heteroatoms. The molecule has 2 aromatic rings. The van der Waals surface area contributed by atoms with Crippen LogP contribution in [0.5, 0.6) is 11.5 Å².